The number of nitrogens with zero attached hydrogens (tertiary/aromatic N) is 2. The Morgan fingerprint density at radius 3 is 2.62 bits per heavy atom. The van der Waals surface area contributed by atoms with E-state index in [0.717, 1.165) is 31.7 Å². The van der Waals surface area contributed by atoms with E-state index in [9.17, 15) is 24.5 Å². The lowest BCUT2D eigenvalue weighted by Crippen LogP contribution is -2.44. The van der Waals surface area contributed by atoms with Gasteiger partial charge in [-0.1, -0.05) is 12.8 Å². The fourth-order valence-corrected chi connectivity index (χ4v) is 2.94. The lowest BCUT2D eigenvalue weighted by atomic mass is 10.2. The molecule has 1 saturated carbocycles. The van der Waals surface area contributed by atoms with Gasteiger partial charge in [0.25, 0.3) is 11.6 Å². The van der Waals surface area contributed by atoms with Crippen LogP contribution in [-0.2, 0) is 14.3 Å². The van der Waals surface area contributed by atoms with E-state index in [4.69, 9.17) is 4.74 Å². The largest absolute Gasteiger partial charge is 0.484 e. The van der Waals surface area contributed by atoms with Crippen molar-refractivity contribution in [1.82, 2.24) is 4.90 Å². The summed E-state index contributed by atoms with van der Waals surface area (Å²) in [6.07, 6.45) is 3.96. The maximum absolute atomic E-state index is 12.5. The summed E-state index contributed by atoms with van der Waals surface area (Å²) in [6, 6.07) is 3.69. The van der Waals surface area contributed by atoms with Gasteiger partial charge in [0.2, 0.25) is 0 Å². The van der Waals surface area contributed by atoms with Crippen molar-refractivity contribution in [3.05, 3.63) is 33.9 Å². The second-order valence-electron chi connectivity index (χ2n) is 5.92. The van der Waals surface area contributed by atoms with Gasteiger partial charge in [0.1, 0.15) is 12.3 Å². The molecule has 1 aromatic carbocycles. The number of hydrogen-bond donors (Lipinski definition) is 0. The molecule has 0 N–H and O–H groups in total. The van der Waals surface area contributed by atoms with Crippen LogP contribution in [0.3, 0.4) is 0 Å². The molecule has 0 spiro atoms. The number of amides is 1. The maximum atomic E-state index is 12.5. The summed E-state index contributed by atoms with van der Waals surface area (Å²) in [7, 11) is 1.25. The summed E-state index contributed by atoms with van der Waals surface area (Å²) in [5.74, 6) is -0.819. The second kappa shape index (κ2) is 8.93. The quantitative estimate of drug-likeness (QED) is 0.298. The molecule has 0 aliphatic heterocycles. The smallest absolute Gasteiger partial charge is 0.325 e. The van der Waals surface area contributed by atoms with Crippen LogP contribution in [0, 0.1) is 10.1 Å². The number of carbonyl (C=O) groups excluding carboxylic acids is 3. The van der Waals surface area contributed by atoms with E-state index in [0.29, 0.717) is 6.29 Å². The third-order valence-corrected chi connectivity index (χ3v) is 4.30. The lowest BCUT2D eigenvalue weighted by Gasteiger charge is -2.27. The van der Waals surface area contributed by atoms with E-state index >= 15 is 0 Å². The first kappa shape index (κ1) is 19.4. The number of benzene rings is 1. The van der Waals surface area contributed by atoms with Crippen LogP contribution in [0.5, 0.6) is 5.75 Å². The van der Waals surface area contributed by atoms with E-state index in [2.05, 4.69) is 4.74 Å². The minimum absolute atomic E-state index is 0.0445. The molecule has 0 unspecified atom stereocenters. The van der Waals surface area contributed by atoms with Crippen molar-refractivity contribution in [2.45, 2.75) is 31.7 Å². The number of aldehydes is 1. The Morgan fingerprint density at radius 1 is 1.35 bits per heavy atom. The summed E-state index contributed by atoms with van der Waals surface area (Å²) in [4.78, 5) is 46.6. The van der Waals surface area contributed by atoms with Gasteiger partial charge < -0.3 is 14.4 Å². The number of hydrogen-bond acceptors (Lipinski definition) is 7. The van der Waals surface area contributed by atoms with Crippen LogP contribution in [0.1, 0.15) is 36.0 Å². The molecule has 1 amide bonds. The van der Waals surface area contributed by atoms with Crippen molar-refractivity contribution in [1.29, 1.82) is 0 Å². The topological polar surface area (TPSA) is 116 Å². The lowest BCUT2D eigenvalue weighted by molar-refractivity contribution is -0.385. The molecular formula is C17H20N2O7. The highest BCUT2D eigenvalue weighted by Crippen LogP contribution is 2.25. The normalized spacial score (nSPS) is 13.9. The van der Waals surface area contributed by atoms with Gasteiger partial charge in [0, 0.05) is 6.04 Å². The zero-order valence-corrected chi connectivity index (χ0v) is 14.4. The fourth-order valence-electron chi connectivity index (χ4n) is 2.94. The molecule has 0 atom stereocenters. The minimum Gasteiger partial charge on any atom is -0.484 e. The summed E-state index contributed by atoms with van der Waals surface area (Å²) in [5.41, 5.74) is -0.473. The predicted molar refractivity (Wildman–Crippen MR) is 90.0 cm³/mol. The monoisotopic (exact) mass is 364 g/mol. The molecule has 1 aliphatic rings. The van der Waals surface area contributed by atoms with E-state index in [-0.39, 0.29) is 30.5 Å². The van der Waals surface area contributed by atoms with Gasteiger partial charge in [-0.15, -0.1) is 0 Å². The third-order valence-electron chi connectivity index (χ3n) is 4.30. The number of ether oxygens (including phenoxy) is 2. The molecule has 1 fully saturated rings. The summed E-state index contributed by atoms with van der Waals surface area (Å²) in [5, 5.41) is 11.0. The van der Waals surface area contributed by atoms with Crippen LogP contribution in [0.2, 0.25) is 0 Å². The molecule has 140 valence electrons. The molecule has 9 nitrogen and oxygen atoms in total. The Morgan fingerprint density at radius 2 is 2.04 bits per heavy atom. The standard InChI is InChI=1S/C17H20N2O7/c1-25-17(22)9-18(13-4-2-3-5-13)16(21)11-26-14-7-6-12(10-20)15(8-14)19(23)24/h6-8,10,13H,2-5,9,11H2,1H3. The van der Waals surface area contributed by atoms with E-state index in [1.54, 1.807) is 0 Å². The molecule has 0 radical (unpaired) electrons. The zero-order chi connectivity index (χ0) is 19.1. The van der Waals surface area contributed by atoms with Crippen LogP contribution >= 0.6 is 0 Å². The van der Waals surface area contributed by atoms with Gasteiger partial charge in [-0.2, -0.15) is 0 Å². The Kier molecular flexibility index (Phi) is 6.65. The van der Waals surface area contributed by atoms with Crippen LogP contribution < -0.4 is 4.74 Å². The molecule has 2 rings (SSSR count). The zero-order valence-electron chi connectivity index (χ0n) is 14.4. The van der Waals surface area contributed by atoms with Crippen molar-refractivity contribution < 1.29 is 28.8 Å². The maximum Gasteiger partial charge on any atom is 0.325 e. The first-order chi connectivity index (χ1) is 12.5. The highest BCUT2D eigenvalue weighted by molar-refractivity contribution is 5.84. The van der Waals surface area contributed by atoms with E-state index < -0.39 is 22.5 Å². The summed E-state index contributed by atoms with van der Waals surface area (Å²) in [6.45, 7) is -0.529. The molecule has 9 heteroatoms. The third kappa shape index (κ3) is 4.78. The number of carbonyl (C=O) groups is 3. The van der Waals surface area contributed by atoms with Gasteiger partial charge in [0.15, 0.2) is 12.9 Å². The fraction of sp³-hybridized carbons (Fsp3) is 0.471. The van der Waals surface area contributed by atoms with Gasteiger partial charge in [0.05, 0.1) is 23.7 Å². The Labute approximate surface area is 150 Å². The molecule has 1 aromatic rings. The summed E-state index contributed by atoms with van der Waals surface area (Å²) < 4.78 is 9.99. The van der Waals surface area contributed by atoms with E-state index in [1.165, 1.54) is 24.1 Å². The second-order valence-corrected chi connectivity index (χ2v) is 5.92. The average Bonchev–Trinajstić information content (AvgIpc) is 3.17. The first-order valence-electron chi connectivity index (χ1n) is 8.19. The van der Waals surface area contributed by atoms with Crippen molar-refractivity contribution in [3.63, 3.8) is 0 Å². The van der Waals surface area contributed by atoms with Crippen LogP contribution in [-0.4, -0.2) is 54.3 Å². The Bertz CT molecular complexity index is 698. The molecule has 0 aromatic heterocycles. The van der Waals surface area contributed by atoms with Gasteiger partial charge in [-0.3, -0.25) is 24.5 Å². The number of esters is 1. The Balaban J connectivity index is 2.07. The SMILES string of the molecule is COC(=O)CN(C(=O)COc1ccc(C=O)c([N+](=O)[O-])c1)C1CCCC1. The van der Waals surface area contributed by atoms with Gasteiger partial charge >= 0.3 is 5.97 Å². The summed E-state index contributed by atoms with van der Waals surface area (Å²) >= 11 is 0. The average molecular weight is 364 g/mol. The molecular weight excluding hydrogens is 344 g/mol. The number of methoxy groups -OCH3 is 1. The van der Waals surface area contributed by atoms with Crippen molar-refractivity contribution in [2.75, 3.05) is 20.3 Å². The molecule has 26 heavy (non-hydrogen) atoms. The van der Waals surface area contributed by atoms with E-state index in [1.807, 2.05) is 0 Å². The number of rotatable bonds is 8. The Hall–Kier alpha value is -2.97. The van der Waals surface area contributed by atoms with Crippen molar-refractivity contribution in [3.8, 4) is 5.75 Å². The number of nitro groups is 1. The minimum atomic E-state index is -0.694. The van der Waals surface area contributed by atoms with Gasteiger partial charge in [-0.05, 0) is 25.0 Å². The van der Waals surface area contributed by atoms with Crippen molar-refractivity contribution in [2.24, 2.45) is 0 Å². The molecule has 0 heterocycles. The first-order valence-corrected chi connectivity index (χ1v) is 8.19. The highest BCUT2D eigenvalue weighted by atomic mass is 16.6. The van der Waals surface area contributed by atoms with Crippen molar-refractivity contribution >= 4 is 23.9 Å². The van der Waals surface area contributed by atoms with Crippen LogP contribution in [0.25, 0.3) is 0 Å². The highest BCUT2D eigenvalue weighted by Gasteiger charge is 2.29. The van der Waals surface area contributed by atoms with Crippen LogP contribution in [0.4, 0.5) is 5.69 Å². The van der Waals surface area contributed by atoms with Gasteiger partial charge in [-0.25, -0.2) is 0 Å². The number of nitro benzene ring substituents is 1. The molecule has 0 bridgehead atoms. The molecule has 1 aliphatic carbocycles. The predicted octanol–water partition coefficient (Wildman–Crippen LogP) is 1.73. The van der Waals surface area contributed by atoms with Crippen LogP contribution in [0.15, 0.2) is 18.2 Å². The molecule has 0 saturated heterocycles.